The van der Waals surface area contributed by atoms with E-state index in [4.69, 9.17) is 4.42 Å². The van der Waals surface area contributed by atoms with Gasteiger partial charge in [-0.25, -0.2) is 0 Å². The molecule has 5 nitrogen and oxygen atoms in total. The lowest BCUT2D eigenvalue weighted by Gasteiger charge is -2.17. The van der Waals surface area contributed by atoms with Crippen LogP contribution in [0.2, 0.25) is 0 Å². The van der Waals surface area contributed by atoms with Crippen molar-refractivity contribution in [3.63, 3.8) is 0 Å². The molecule has 2 heterocycles. The van der Waals surface area contributed by atoms with Crippen LogP contribution < -0.4 is 10.6 Å². The van der Waals surface area contributed by atoms with Crippen LogP contribution in [-0.2, 0) is 17.6 Å². The van der Waals surface area contributed by atoms with Crippen molar-refractivity contribution in [1.82, 2.24) is 5.32 Å². The molecule has 2 aromatic rings. The summed E-state index contributed by atoms with van der Waals surface area (Å²) in [7, 11) is 0. The Bertz CT molecular complexity index is 662. The lowest BCUT2D eigenvalue weighted by atomic mass is 9.99. The highest BCUT2D eigenvalue weighted by atomic mass is 16.3. The van der Waals surface area contributed by atoms with Gasteiger partial charge in [-0.1, -0.05) is 12.1 Å². The summed E-state index contributed by atoms with van der Waals surface area (Å²) >= 11 is 0. The third-order valence-electron chi connectivity index (χ3n) is 3.51. The number of anilines is 1. The minimum Gasteiger partial charge on any atom is -0.459 e. The van der Waals surface area contributed by atoms with Crippen LogP contribution in [0.1, 0.15) is 28.1 Å². The van der Waals surface area contributed by atoms with Crippen LogP contribution >= 0.6 is 0 Å². The third-order valence-corrected chi connectivity index (χ3v) is 3.51. The number of amides is 2. The molecule has 1 aromatic heterocycles. The number of furan rings is 1. The van der Waals surface area contributed by atoms with E-state index in [0.717, 1.165) is 29.7 Å². The molecule has 0 bridgehead atoms. The second-order valence-electron chi connectivity index (χ2n) is 5.02. The number of rotatable bonds is 4. The first-order chi connectivity index (χ1) is 10.2. The highest BCUT2D eigenvalue weighted by Gasteiger charge is 2.14. The molecule has 0 saturated heterocycles. The second-order valence-corrected chi connectivity index (χ2v) is 5.02. The van der Waals surface area contributed by atoms with E-state index in [0.29, 0.717) is 18.7 Å². The number of benzene rings is 1. The van der Waals surface area contributed by atoms with E-state index >= 15 is 0 Å². The largest absolute Gasteiger partial charge is 0.459 e. The Morgan fingerprint density at radius 1 is 1.29 bits per heavy atom. The predicted octanol–water partition coefficient (Wildman–Crippen LogP) is 2.14. The average Bonchev–Trinajstić information content (AvgIpc) is 3.01. The molecule has 2 N–H and O–H groups in total. The topological polar surface area (TPSA) is 71.3 Å². The maximum Gasteiger partial charge on any atom is 0.286 e. The molecule has 0 spiro atoms. The normalized spacial score (nSPS) is 13.4. The summed E-state index contributed by atoms with van der Waals surface area (Å²) in [6, 6.07) is 9.32. The standard InChI is InChI=1S/C16H16N2O3/c19-15-6-4-12-10-11(3-5-13(12)18-15)7-8-17-16(20)14-2-1-9-21-14/h1-3,5,9-10H,4,6-8H2,(H,17,20)(H,18,19). The summed E-state index contributed by atoms with van der Waals surface area (Å²) in [5.74, 6) is 0.189. The van der Waals surface area contributed by atoms with Gasteiger partial charge in [0.1, 0.15) is 0 Å². The fraction of sp³-hybridized carbons (Fsp3) is 0.250. The molecule has 0 atom stereocenters. The van der Waals surface area contributed by atoms with Crippen LogP contribution in [0.3, 0.4) is 0 Å². The first kappa shape index (κ1) is 13.4. The minimum atomic E-state index is -0.203. The average molecular weight is 284 g/mol. The SMILES string of the molecule is O=C1CCc2cc(CCNC(=O)c3ccco3)ccc2N1. The van der Waals surface area contributed by atoms with Crippen LogP contribution in [0, 0.1) is 0 Å². The van der Waals surface area contributed by atoms with Gasteiger partial charge < -0.3 is 15.1 Å². The van der Waals surface area contributed by atoms with Gasteiger partial charge in [0.15, 0.2) is 5.76 Å². The van der Waals surface area contributed by atoms with Gasteiger partial charge in [-0.05, 0) is 42.2 Å². The van der Waals surface area contributed by atoms with Crippen LogP contribution in [0.5, 0.6) is 0 Å². The molecule has 0 radical (unpaired) electrons. The van der Waals surface area contributed by atoms with Gasteiger partial charge >= 0.3 is 0 Å². The van der Waals surface area contributed by atoms with Crippen molar-refractivity contribution in [2.24, 2.45) is 0 Å². The summed E-state index contributed by atoms with van der Waals surface area (Å²) in [4.78, 5) is 23.0. The molecule has 1 aliphatic heterocycles. The fourth-order valence-electron chi connectivity index (χ4n) is 2.41. The van der Waals surface area contributed by atoms with Gasteiger partial charge in [0.05, 0.1) is 6.26 Å². The quantitative estimate of drug-likeness (QED) is 0.903. The molecule has 0 aliphatic carbocycles. The lowest BCUT2D eigenvalue weighted by Crippen LogP contribution is -2.25. The molecule has 0 saturated carbocycles. The summed E-state index contributed by atoms with van der Waals surface area (Å²) in [5.41, 5.74) is 3.20. The summed E-state index contributed by atoms with van der Waals surface area (Å²) in [6.07, 6.45) is 3.53. The van der Waals surface area contributed by atoms with Gasteiger partial charge in [-0.3, -0.25) is 9.59 Å². The number of aryl methyl sites for hydroxylation is 1. The Kier molecular flexibility index (Phi) is 3.73. The van der Waals surface area contributed by atoms with Crippen molar-refractivity contribution < 1.29 is 14.0 Å². The number of nitrogens with one attached hydrogen (secondary N) is 2. The number of carbonyl (C=O) groups is 2. The van der Waals surface area contributed by atoms with Gasteiger partial charge in [0, 0.05) is 18.7 Å². The van der Waals surface area contributed by atoms with Crippen molar-refractivity contribution in [1.29, 1.82) is 0 Å². The van der Waals surface area contributed by atoms with Crippen LogP contribution in [0.15, 0.2) is 41.0 Å². The van der Waals surface area contributed by atoms with E-state index < -0.39 is 0 Å². The monoisotopic (exact) mass is 284 g/mol. The Labute approximate surface area is 122 Å². The maximum absolute atomic E-state index is 11.7. The summed E-state index contributed by atoms with van der Waals surface area (Å²) in [5, 5.41) is 5.68. The molecule has 0 fully saturated rings. The van der Waals surface area contributed by atoms with Crippen molar-refractivity contribution >= 4 is 17.5 Å². The Morgan fingerprint density at radius 3 is 3.00 bits per heavy atom. The molecular formula is C16H16N2O3. The molecule has 108 valence electrons. The molecule has 3 rings (SSSR count). The second kappa shape index (κ2) is 5.83. The summed E-state index contributed by atoms with van der Waals surface area (Å²) < 4.78 is 5.03. The van der Waals surface area contributed by atoms with Gasteiger partial charge in [0.25, 0.3) is 5.91 Å². The molecule has 2 amide bonds. The molecule has 0 unspecified atom stereocenters. The number of fused-ring (bicyclic) bond motifs is 1. The molecule has 1 aliphatic rings. The number of carbonyl (C=O) groups excluding carboxylic acids is 2. The summed E-state index contributed by atoms with van der Waals surface area (Å²) in [6.45, 7) is 0.546. The van der Waals surface area contributed by atoms with E-state index in [9.17, 15) is 9.59 Å². The predicted molar refractivity (Wildman–Crippen MR) is 78.1 cm³/mol. The van der Waals surface area contributed by atoms with Crippen molar-refractivity contribution in [2.45, 2.75) is 19.3 Å². The van der Waals surface area contributed by atoms with Crippen molar-refractivity contribution in [3.8, 4) is 0 Å². The zero-order valence-electron chi connectivity index (χ0n) is 11.5. The van der Waals surface area contributed by atoms with E-state index in [1.807, 2.05) is 12.1 Å². The van der Waals surface area contributed by atoms with E-state index in [-0.39, 0.29) is 11.8 Å². The van der Waals surface area contributed by atoms with Gasteiger partial charge in [-0.15, -0.1) is 0 Å². The minimum absolute atomic E-state index is 0.0703. The zero-order chi connectivity index (χ0) is 14.7. The first-order valence-corrected chi connectivity index (χ1v) is 6.96. The zero-order valence-corrected chi connectivity index (χ0v) is 11.5. The number of hydrogen-bond acceptors (Lipinski definition) is 3. The molecular weight excluding hydrogens is 268 g/mol. The van der Waals surface area contributed by atoms with Crippen molar-refractivity contribution in [2.75, 3.05) is 11.9 Å². The van der Waals surface area contributed by atoms with E-state index in [1.165, 1.54) is 6.26 Å². The van der Waals surface area contributed by atoms with Gasteiger partial charge in [0.2, 0.25) is 5.91 Å². The van der Waals surface area contributed by atoms with E-state index in [1.54, 1.807) is 12.1 Å². The third kappa shape index (κ3) is 3.13. The van der Waals surface area contributed by atoms with Gasteiger partial charge in [-0.2, -0.15) is 0 Å². The Balaban J connectivity index is 1.56. The Hall–Kier alpha value is -2.56. The maximum atomic E-state index is 11.7. The molecule has 21 heavy (non-hydrogen) atoms. The van der Waals surface area contributed by atoms with Crippen molar-refractivity contribution in [3.05, 3.63) is 53.5 Å². The Morgan fingerprint density at radius 2 is 2.19 bits per heavy atom. The smallest absolute Gasteiger partial charge is 0.286 e. The van der Waals surface area contributed by atoms with E-state index in [2.05, 4.69) is 16.7 Å². The van der Waals surface area contributed by atoms with Crippen LogP contribution in [0.4, 0.5) is 5.69 Å². The molecule has 1 aromatic carbocycles. The highest BCUT2D eigenvalue weighted by molar-refractivity contribution is 5.94. The lowest BCUT2D eigenvalue weighted by molar-refractivity contribution is -0.116. The van der Waals surface area contributed by atoms with Crippen LogP contribution in [0.25, 0.3) is 0 Å². The van der Waals surface area contributed by atoms with Crippen LogP contribution in [-0.4, -0.2) is 18.4 Å². The molecule has 5 heteroatoms. The number of hydrogen-bond donors (Lipinski definition) is 2. The highest BCUT2D eigenvalue weighted by Crippen LogP contribution is 2.23. The first-order valence-electron chi connectivity index (χ1n) is 6.96. The fourth-order valence-corrected chi connectivity index (χ4v) is 2.41.